The predicted molar refractivity (Wildman–Crippen MR) is 170 cm³/mol. The fourth-order valence-corrected chi connectivity index (χ4v) is 6.68. The summed E-state index contributed by atoms with van der Waals surface area (Å²) >= 11 is 0. The Kier molecular flexibility index (Phi) is 7.15. The van der Waals surface area contributed by atoms with Crippen molar-refractivity contribution < 1.29 is 23.7 Å². The van der Waals surface area contributed by atoms with Gasteiger partial charge in [0.1, 0.15) is 24.3 Å². The molecule has 8 rings (SSSR count). The van der Waals surface area contributed by atoms with Crippen LogP contribution >= 0.6 is 0 Å². The lowest BCUT2D eigenvalue weighted by Gasteiger charge is -2.24. The molecule has 12 heteroatoms. The van der Waals surface area contributed by atoms with Gasteiger partial charge in [-0.1, -0.05) is 36.4 Å². The van der Waals surface area contributed by atoms with E-state index in [0.29, 0.717) is 30.1 Å². The molecule has 5 heterocycles. The predicted octanol–water partition coefficient (Wildman–Crippen LogP) is 4.19. The minimum Gasteiger partial charge on any atom is -0.496 e. The number of hydrogen-bond acceptors (Lipinski definition) is 9. The number of rotatable bonds is 10. The molecule has 2 aromatic carbocycles. The van der Waals surface area contributed by atoms with Crippen molar-refractivity contribution in [3.05, 3.63) is 78.5 Å². The SMILES string of the molecule is COc1ccccc1Cn1cc(CCNc2ncnc3c2ncn3[C@@H]2O[C@H](C(=O)NC3CC3)[C@H]3OC(C)(C)O[C@H]32)c2ccccc21. The molecular weight excluding hydrogens is 586 g/mol. The van der Waals surface area contributed by atoms with Crippen LogP contribution in [0.5, 0.6) is 5.75 Å². The Bertz CT molecular complexity index is 1910. The first-order valence-corrected chi connectivity index (χ1v) is 15.8. The average Bonchev–Trinajstić information content (AvgIpc) is 3.35. The Labute approximate surface area is 266 Å². The minimum absolute atomic E-state index is 0.174. The summed E-state index contributed by atoms with van der Waals surface area (Å²) in [5.74, 6) is 0.487. The molecule has 2 N–H and O–H groups in total. The van der Waals surface area contributed by atoms with Gasteiger partial charge < -0.3 is 34.1 Å². The van der Waals surface area contributed by atoms with Crippen LogP contribution in [0.3, 0.4) is 0 Å². The second-order valence-corrected chi connectivity index (χ2v) is 12.6. The van der Waals surface area contributed by atoms with E-state index < -0.39 is 30.3 Å². The van der Waals surface area contributed by atoms with Crippen molar-refractivity contribution in [1.29, 1.82) is 0 Å². The number of benzene rings is 2. The molecule has 3 aliphatic rings. The molecule has 2 aliphatic heterocycles. The molecule has 0 radical (unpaired) electrons. The number of carbonyl (C=O) groups is 1. The molecule has 238 valence electrons. The first kappa shape index (κ1) is 28.9. The highest BCUT2D eigenvalue weighted by atomic mass is 16.8. The number of aromatic nitrogens is 5. The van der Waals surface area contributed by atoms with Gasteiger partial charge >= 0.3 is 0 Å². The Morgan fingerprint density at radius 2 is 1.83 bits per heavy atom. The number of amides is 1. The molecule has 3 aromatic heterocycles. The smallest absolute Gasteiger partial charge is 0.252 e. The summed E-state index contributed by atoms with van der Waals surface area (Å²) in [5, 5.41) is 7.74. The fraction of sp³-hybridized carbons (Fsp3) is 0.412. The maximum Gasteiger partial charge on any atom is 0.252 e. The molecule has 1 saturated carbocycles. The highest BCUT2D eigenvalue weighted by Crippen LogP contribution is 2.44. The molecule has 0 unspecified atom stereocenters. The van der Waals surface area contributed by atoms with Gasteiger partial charge in [0.05, 0.1) is 20.0 Å². The zero-order valence-electron chi connectivity index (χ0n) is 26.1. The third kappa shape index (κ3) is 5.25. The molecule has 12 nitrogen and oxygen atoms in total. The number of fused-ring (bicyclic) bond motifs is 3. The normalized spacial score (nSPS) is 23.5. The number of nitrogens with zero attached hydrogens (tertiary/aromatic N) is 5. The Morgan fingerprint density at radius 1 is 1.02 bits per heavy atom. The maximum atomic E-state index is 13.1. The third-order valence-electron chi connectivity index (χ3n) is 8.94. The Morgan fingerprint density at radius 3 is 2.67 bits per heavy atom. The number of hydrogen-bond donors (Lipinski definition) is 2. The lowest BCUT2D eigenvalue weighted by molar-refractivity contribution is -0.197. The molecule has 0 spiro atoms. The van der Waals surface area contributed by atoms with Crippen molar-refractivity contribution in [2.75, 3.05) is 19.0 Å². The number of ether oxygens (including phenoxy) is 4. The summed E-state index contributed by atoms with van der Waals surface area (Å²) in [5.41, 5.74) is 4.74. The first-order valence-electron chi connectivity index (χ1n) is 15.8. The zero-order valence-corrected chi connectivity index (χ0v) is 26.1. The molecule has 1 aliphatic carbocycles. The van der Waals surface area contributed by atoms with Gasteiger partial charge in [0.25, 0.3) is 5.91 Å². The van der Waals surface area contributed by atoms with Crippen LogP contribution in [0.4, 0.5) is 5.82 Å². The van der Waals surface area contributed by atoms with Gasteiger partial charge in [-0.15, -0.1) is 0 Å². The van der Waals surface area contributed by atoms with Crippen molar-refractivity contribution in [1.82, 2.24) is 29.4 Å². The van der Waals surface area contributed by atoms with Gasteiger partial charge in [-0.05, 0) is 50.8 Å². The van der Waals surface area contributed by atoms with E-state index in [1.165, 1.54) is 22.8 Å². The second kappa shape index (κ2) is 11.4. The van der Waals surface area contributed by atoms with E-state index in [1.54, 1.807) is 13.4 Å². The molecule has 4 atom stereocenters. The summed E-state index contributed by atoms with van der Waals surface area (Å²) in [6.07, 6.45) is 5.70. The van der Waals surface area contributed by atoms with Crippen molar-refractivity contribution >= 4 is 33.8 Å². The van der Waals surface area contributed by atoms with Crippen LogP contribution in [0, 0.1) is 0 Å². The molecule has 2 saturated heterocycles. The number of nitrogens with one attached hydrogen (secondary N) is 2. The number of para-hydroxylation sites is 2. The standard InChI is InChI=1S/C34H37N7O5/c1-34(2)45-27-28(32(42)39-22-12-13-22)44-33(29(27)46-34)41-19-38-26-30(36-18-37-31(26)41)35-15-14-20-16-40(24-10-6-5-9-23(20)24)17-21-8-4-7-11-25(21)43-3/h4-11,16,18-19,22,27-29,33H,12-15,17H2,1-3H3,(H,39,42)(H,35,36,37)/t27-,28+,29-,33-/m1/s1. The van der Waals surface area contributed by atoms with Gasteiger partial charge in [0.15, 0.2) is 35.1 Å². The van der Waals surface area contributed by atoms with Crippen molar-refractivity contribution in [2.24, 2.45) is 0 Å². The molecular formula is C34H37N7O5. The zero-order chi connectivity index (χ0) is 31.4. The molecule has 1 amide bonds. The molecule has 3 fully saturated rings. The highest BCUT2D eigenvalue weighted by molar-refractivity contribution is 5.85. The first-order chi connectivity index (χ1) is 22.4. The lowest BCUT2D eigenvalue weighted by atomic mass is 10.1. The van der Waals surface area contributed by atoms with Crippen LogP contribution < -0.4 is 15.4 Å². The summed E-state index contributed by atoms with van der Waals surface area (Å²) in [6, 6.07) is 16.8. The molecule has 5 aromatic rings. The lowest BCUT2D eigenvalue weighted by Crippen LogP contribution is -2.43. The Balaban J connectivity index is 1.01. The van der Waals surface area contributed by atoms with E-state index in [-0.39, 0.29) is 11.9 Å². The monoisotopic (exact) mass is 623 g/mol. The second-order valence-electron chi connectivity index (χ2n) is 12.6. The highest BCUT2D eigenvalue weighted by Gasteiger charge is 2.58. The van der Waals surface area contributed by atoms with E-state index in [2.05, 4.69) is 66.7 Å². The summed E-state index contributed by atoms with van der Waals surface area (Å²) < 4.78 is 28.4. The Hall–Kier alpha value is -4.52. The topological polar surface area (TPSA) is 127 Å². The average molecular weight is 624 g/mol. The van der Waals surface area contributed by atoms with Crippen LogP contribution in [0.25, 0.3) is 22.1 Å². The summed E-state index contributed by atoms with van der Waals surface area (Å²) in [6.45, 7) is 5.05. The third-order valence-corrected chi connectivity index (χ3v) is 8.94. The summed E-state index contributed by atoms with van der Waals surface area (Å²) in [4.78, 5) is 26.8. The van der Waals surface area contributed by atoms with Crippen molar-refractivity contribution in [3.63, 3.8) is 0 Å². The van der Waals surface area contributed by atoms with Crippen LogP contribution in [-0.4, -0.2) is 73.8 Å². The van der Waals surface area contributed by atoms with Gasteiger partial charge in [-0.25, -0.2) is 15.0 Å². The van der Waals surface area contributed by atoms with Crippen LogP contribution in [0.15, 0.2) is 67.4 Å². The van der Waals surface area contributed by atoms with Crippen LogP contribution in [0.1, 0.15) is 44.0 Å². The van der Waals surface area contributed by atoms with E-state index >= 15 is 0 Å². The van der Waals surface area contributed by atoms with E-state index in [1.807, 2.05) is 36.6 Å². The number of carbonyl (C=O) groups excluding carboxylic acids is 1. The van der Waals surface area contributed by atoms with Crippen molar-refractivity contribution in [2.45, 2.75) is 76.0 Å². The van der Waals surface area contributed by atoms with Crippen LogP contribution in [0.2, 0.25) is 0 Å². The van der Waals surface area contributed by atoms with Gasteiger partial charge in [-0.2, -0.15) is 0 Å². The number of anilines is 1. The molecule has 0 bridgehead atoms. The number of methoxy groups -OCH3 is 1. The van der Waals surface area contributed by atoms with E-state index in [9.17, 15) is 4.79 Å². The van der Waals surface area contributed by atoms with Crippen molar-refractivity contribution in [3.8, 4) is 5.75 Å². The minimum atomic E-state index is -0.843. The fourth-order valence-electron chi connectivity index (χ4n) is 6.68. The van der Waals surface area contributed by atoms with Gasteiger partial charge in [0, 0.05) is 35.2 Å². The summed E-state index contributed by atoms with van der Waals surface area (Å²) in [7, 11) is 1.71. The molecule has 46 heavy (non-hydrogen) atoms. The van der Waals surface area contributed by atoms with E-state index in [4.69, 9.17) is 18.9 Å². The van der Waals surface area contributed by atoms with Gasteiger partial charge in [-0.3, -0.25) is 9.36 Å². The van der Waals surface area contributed by atoms with Gasteiger partial charge in [0.2, 0.25) is 0 Å². The quantitative estimate of drug-likeness (QED) is 0.236. The largest absolute Gasteiger partial charge is 0.496 e. The number of imidazole rings is 1. The maximum absolute atomic E-state index is 13.1. The van der Waals surface area contributed by atoms with Crippen LogP contribution in [-0.2, 0) is 32.0 Å². The van der Waals surface area contributed by atoms with E-state index in [0.717, 1.165) is 30.6 Å².